The first-order valence-corrected chi connectivity index (χ1v) is 6.94. The summed E-state index contributed by atoms with van der Waals surface area (Å²) in [7, 11) is 3.62. The summed E-state index contributed by atoms with van der Waals surface area (Å²) in [5, 5.41) is 4.04. The Hall–Kier alpha value is -1.58. The van der Waals surface area contributed by atoms with E-state index in [1.54, 1.807) is 7.11 Å². The Kier molecular flexibility index (Phi) is 4.99. The zero-order valence-corrected chi connectivity index (χ0v) is 12.7. The molecule has 0 aliphatic rings. The molecule has 1 aromatic heterocycles. The number of rotatable bonds is 5. The number of halogens is 1. The highest BCUT2D eigenvalue weighted by molar-refractivity contribution is 6.30. The molecule has 106 valence electrons. The fourth-order valence-corrected chi connectivity index (χ4v) is 2.39. The van der Waals surface area contributed by atoms with Gasteiger partial charge in [0.1, 0.15) is 5.75 Å². The molecule has 2 aromatic rings. The molecule has 1 N–H and O–H groups in total. The molecular weight excluding hydrogens is 272 g/mol. The van der Waals surface area contributed by atoms with Crippen molar-refractivity contribution in [3.05, 3.63) is 58.4 Å². The van der Waals surface area contributed by atoms with Gasteiger partial charge in [-0.05, 0) is 55.8 Å². The molecule has 0 amide bonds. The molecule has 1 unspecified atom stereocenters. The van der Waals surface area contributed by atoms with E-state index in [2.05, 4.69) is 16.4 Å². The fourth-order valence-electron chi connectivity index (χ4n) is 2.20. The van der Waals surface area contributed by atoms with Crippen LogP contribution in [-0.4, -0.2) is 19.1 Å². The maximum Gasteiger partial charge on any atom is 0.122 e. The Bertz CT molecular complexity index is 569. The molecular formula is C16H19ClN2O. The number of ether oxygens (including phenoxy) is 1. The van der Waals surface area contributed by atoms with Crippen molar-refractivity contribution in [2.75, 3.05) is 14.2 Å². The summed E-state index contributed by atoms with van der Waals surface area (Å²) in [6, 6.07) is 9.99. The van der Waals surface area contributed by atoms with Crippen molar-refractivity contribution in [3.63, 3.8) is 0 Å². The van der Waals surface area contributed by atoms with E-state index in [9.17, 15) is 0 Å². The van der Waals surface area contributed by atoms with Gasteiger partial charge < -0.3 is 10.1 Å². The summed E-state index contributed by atoms with van der Waals surface area (Å²) in [5.41, 5.74) is 3.25. The minimum Gasteiger partial charge on any atom is -0.496 e. The number of pyridine rings is 1. The smallest absolute Gasteiger partial charge is 0.122 e. The predicted octanol–water partition coefficient (Wildman–Crippen LogP) is 3.56. The highest BCUT2D eigenvalue weighted by Crippen LogP contribution is 2.27. The zero-order chi connectivity index (χ0) is 14.5. The van der Waals surface area contributed by atoms with Crippen LogP contribution in [0.15, 0.2) is 36.5 Å². The third-order valence-corrected chi connectivity index (χ3v) is 3.59. The van der Waals surface area contributed by atoms with E-state index in [1.807, 2.05) is 44.4 Å². The van der Waals surface area contributed by atoms with Crippen LogP contribution in [0.4, 0.5) is 0 Å². The number of aromatic nitrogens is 1. The molecule has 0 bridgehead atoms. The van der Waals surface area contributed by atoms with Crippen LogP contribution < -0.4 is 10.1 Å². The summed E-state index contributed by atoms with van der Waals surface area (Å²) < 4.78 is 5.40. The molecule has 0 spiro atoms. The van der Waals surface area contributed by atoms with Crippen LogP contribution in [-0.2, 0) is 6.42 Å². The van der Waals surface area contributed by atoms with Gasteiger partial charge in [0, 0.05) is 23.0 Å². The minimum atomic E-state index is 0.176. The van der Waals surface area contributed by atoms with E-state index < -0.39 is 0 Å². The number of likely N-dealkylation sites (N-methyl/N-ethyl adjacent to an activating group) is 1. The Morgan fingerprint density at radius 3 is 2.70 bits per heavy atom. The highest BCUT2D eigenvalue weighted by atomic mass is 35.5. The molecule has 0 saturated heterocycles. The second-order valence-corrected chi connectivity index (χ2v) is 5.17. The van der Waals surface area contributed by atoms with Gasteiger partial charge in [0.25, 0.3) is 0 Å². The highest BCUT2D eigenvalue weighted by Gasteiger charge is 2.14. The molecule has 0 saturated carbocycles. The van der Waals surface area contributed by atoms with Crippen LogP contribution in [0.2, 0.25) is 5.02 Å². The first kappa shape index (κ1) is 14.8. The number of hydrogen-bond donors (Lipinski definition) is 1. The molecule has 4 heteroatoms. The minimum absolute atomic E-state index is 0.176. The lowest BCUT2D eigenvalue weighted by atomic mass is 9.99. The van der Waals surface area contributed by atoms with Gasteiger partial charge in [-0.1, -0.05) is 17.7 Å². The maximum absolute atomic E-state index is 6.08. The van der Waals surface area contributed by atoms with E-state index in [0.717, 1.165) is 34.0 Å². The van der Waals surface area contributed by atoms with Crippen molar-refractivity contribution < 1.29 is 4.74 Å². The van der Waals surface area contributed by atoms with Crippen molar-refractivity contribution in [2.45, 2.75) is 19.4 Å². The van der Waals surface area contributed by atoms with E-state index in [4.69, 9.17) is 16.3 Å². The van der Waals surface area contributed by atoms with Crippen LogP contribution in [0.3, 0.4) is 0 Å². The van der Waals surface area contributed by atoms with Crippen molar-refractivity contribution >= 4 is 11.6 Å². The molecule has 1 heterocycles. The molecule has 2 rings (SSSR count). The van der Waals surface area contributed by atoms with Crippen LogP contribution in [0.5, 0.6) is 5.75 Å². The second kappa shape index (κ2) is 6.73. The van der Waals surface area contributed by atoms with E-state index in [1.165, 1.54) is 0 Å². The Morgan fingerprint density at radius 1 is 1.30 bits per heavy atom. The summed E-state index contributed by atoms with van der Waals surface area (Å²) >= 11 is 6.08. The largest absolute Gasteiger partial charge is 0.496 e. The van der Waals surface area contributed by atoms with Gasteiger partial charge in [-0.25, -0.2) is 0 Å². The molecule has 0 fully saturated rings. The van der Waals surface area contributed by atoms with Gasteiger partial charge in [-0.3, -0.25) is 4.98 Å². The average molecular weight is 291 g/mol. The van der Waals surface area contributed by atoms with Crippen LogP contribution >= 0.6 is 11.6 Å². The lowest BCUT2D eigenvalue weighted by Gasteiger charge is -2.18. The first-order chi connectivity index (χ1) is 9.63. The molecule has 3 nitrogen and oxygen atoms in total. The van der Waals surface area contributed by atoms with Crippen LogP contribution in [0, 0.1) is 6.92 Å². The predicted molar refractivity (Wildman–Crippen MR) is 82.5 cm³/mol. The Labute approximate surface area is 124 Å². The van der Waals surface area contributed by atoms with E-state index in [0.29, 0.717) is 0 Å². The van der Waals surface area contributed by atoms with Crippen LogP contribution in [0.25, 0.3) is 0 Å². The van der Waals surface area contributed by atoms with Gasteiger partial charge in [0.15, 0.2) is 0 Å². The quantitative estimate of drug-likeness (QED) is 0.914. The molecule has 0 aliphatic carbocycles. The summed E-state index contributed by atoms with van der Waals surface area (Å²) in [6.45, 7) is 1.98. The van der Waals surface area contributed by atoms with Gasteiger partial charge in [0.2, 0.25) is 0 Å². The SMILES string of the molecule is CNC(Cc1cc(Cl)ccc1OC)c1ccc(C)nc1. The van der Waals surface area contributed by atoms with Crippen molar-refractivity contribution in [1.29, 1.82) is 0 Å². The van der Waals surface area contributed by atoms with Gasteiger partial charge in [0.05, 0.1) is 7.11 Å². The maximum atomic E-state index is 6.08. The number of methoxy groups -OCH3 is 1. The number of nitrogens with one attached hydrogen (secondary N) is 1. The lowest BCUT2D eigenvalue weighted by molar-refractivity contribution is 0.406. The Balaban J connectivity index is 2.26. The zero-order valence-electron chi connectivity index (χ0n) is 12.0. The first-order valence-electron chi connectivity index (χ1n) is 6.56. The number of benzene rings is 1. The van der Waals surface area contributed by atoms with Crippen molar-refractivity contribution in [2.24, 2.45) is 0 Å². The normalized spacial score (nSPS) is 12.2. The summed E-state index contributed by atoms with van der Waals surface area (Å²) in [5.74, 6) is 0.856. The fraction of sp³-hybridized carbons (Fsp3) is 0.312. The van der Waals surface area contributed by atoms with Crippen molar-refractivity contribution in [1.82, 2.24) is 10.3 Å². The standard InChI is InChI=1S/C16H19ClN2O/c1-11-4-5-12(10-19-11)15(18-2)9-13-8-14(17)6-7-16(13)20-3/h4-8,10,15,18H,9H2,1-3H3. The topological polar surface area (TPSA) is 34.1 Å². The van der Waals surface area contributed by atoms with E-state index in [-0.39, 0.29) is 6.04 Å². The summed E-state index contributed by atoms with van der Waals surface area (Å²) in [6.07, 6.45) is 2.71. The molecule has 1 atom stereocenters. The van der Waals surface area contributed by atoms with Crippen LogP contribution in [0.1, 0.15) is 22.9 Å². The van der Waals surface area contributed by atoms with E-state index >= 15 is 0 Å². The molecule has 1 aromatic carbocycles. The number of nitrogens with zero attached hydrogens (tertiary/aromatic N) is 1. The summed E-state index contributed by atoms with van der Waals surface area (Å²) in [4.78, 5) is 4.35. The van der Waals surface area contributed by atoms with Gasteiger partial charge >= 0.3 is 0 Å². The van der Waals surface area contributed by atoms with Gasteiger partial charge in [-0.2, -0.15) is 0 Å². The average Bonchev–Trinajstić information content (AvgIpc) is 2.46. The Morgan fingerprint density at radius 2 is 2.10 bits per heavy atom. The van der Waals surface area contributed by atoms with Crippen molar-refractivity contribution in [3.8, 4) is 5.75 Å². The third kappa shape index (κ3) is 3.50. The molecule has 20 heavy (non-hydrogen) atoms. The molecule has 0 radical (unpaired) electrons. The van der Waals surface area contributed by atoms with Gasteiger partial charge in [-0.15, -0.1) is 0 Å². The lowest BCUT2D eigenvalue weighted by Crippen LogP contribution is -2.19. The number of aryl methyl sites for hydroxylation is 1. The third-order valence-electron chi connectivity index (χ3n) is 3.35. The number of hydrogen-bond acceptors (Lipinski definition) is 3. The second-order valence-electron chi connectivity index (χ2n) is 4.73. The monoisotopic (exact) mass is 290 g/mol. The molecule has 0 aliphatic heterocycles.